The fourth-order valence-corrected chi connectivity index (χ4v) is 4.20. The lowest BCUT2D eigenvalue weighted by atomic mass is 10.1. The van der Waals surface area contributed by atoms with E-state index in [1.807, 2.05) is 19.1 Å². The van der Waals surface area contributed by atoms with Gasteiger partial charge in [0, 0.05) is 24.5 Å². The second-order valence-corrected chi connectivity index (χ2v) is 7.97. The topological polar surface area (TPSA) is 58.1 Å². The van der Waals surface area contributed by atoms with Crippen LogP contribution in [0.4, 0.5) is 11.4 Å². The van der Waals surface area contributed by atoms with E-state index in [-0.39, 0.29) is 11.2 Å². The van der Waals surface area contributed by atoms with Crippen molar-refractivity contribution in [2.24, 2.45) is 0 Å². The number of hydrogen-bond donors (Lipinski definition) is 1. The van der Waals surface area contributed by atoms with E-state index in [0.717, 1.165) is 23.1 Å². The smallest absolute Gasteiger partial charge is 0.237 e. The van der Waals surface area contributed by atoms with Crippen molar-refractivity contribution in [2.45, 2.75) is 35.8 Å². The van der Waals surface area contributed by atoms with Gasteiger partial charge in [-0.25, -0.2) is 0 Å². The highest BCUT2D eigenvalue weighted by molar-refractivity contribution is 8.02. The summed E-state index contributed by atoms with van der Waals surface area (Å²) in [5, 5.41) is 10.5. The molecule has 1 amide bonds. The molecule has 1 aromatic heterocycles. The number of piperidine rings is 1. The molecule has 0 aliphatic carbocycles. The molecule has 1 unspecified atom stereocenters. The summed E-state index contributed by atoms with van der Waals surface area (Å²) in [5.74, 6) is -0.0177. The molecule has 1 aliphatic heterocycles. The van der Waals surface area contributed by atoms with E-state index >= 15 is 0 Å². The summed E-state index contributed by atoms with van der Waals surface area (Å²) in [6.07, 6.45) is 3.85. The number of nitrogens with zero attached hydrogens (tertiary/aromatic N) is 3. The zero-order valence-electron chi connectivity index (χ0n) is 13.1. The average Bonchev–Trinajstić information content (AvgIpc) is 3.09. The molecule has 1 saturated heterocycles. The first-order chi connectivity index (χ1) is 11.2. The van der Waals surface area contributed by atoms with Crippen LogP contribution in [0.3, 0.4) is 0 Å². The molecule has 1 aliphatic rings. The van der Waals surface area contributed by atoms with E-state index in [2.05, 4.69) is 32.5 Å². The highest BCUT2D eigenvalue weighted by Gasteiger charge is 2.16. The molecule has 2 aromatic rings. The SMILES string of the molecule is CC(Sc1nncs1)C(=O)Nc1ccc(N2CCCCC2)cc1. The Hall–Kier alpha value is -1.60. The van der Waals surface area contributed by atoms with Gasteiger partial charge in [-0.05, 0) is 50.5 Å². The van der Waals surface area contributed by atoms with Gasteiger partial charge in [0.1, 0.15) is 5.51 Å². The maximum atomic E-state index is 12.2. The van der Waals surface area contributed by atoms with Gasteiger partial charge in [-0.2, -0.15) is 0 Å². The van der Waals surface area contributed by atoms with Crippen molar-refractivity contribution in [1.29, 1.82) is 0 Å². The quantitative estimate of drug-likeness (QED) is 0.836. The van der Waals surface area contributed by atoms with Gasteiger partial charge in [0.2, 0.25) is 5.91 Å². The standard InChI is InChI=1S/C16H20N4OS2/c1-12(23-16-19-17-11-22-16)15(21)18-13-5-7-14(8-6-13)20-9-3-2-4-10-20/h5-8,11-12H,2-4,9-10H2,1H3,(H,18,21). The molecule has 1 atom stereocenters. The summed E-state index contributed by atoms with van der Waals surface area (Å²) in [5.41, 5.74) is 3.74. The fraction of sp³-hybridized carbons (Fsp3) is 0.438. The molecule has 1 fully saturated rings. The number of anilines is 2. The highest BCUT2D eigenvalue weighted by atomic mass is 32.2. The van der Waals surface area contributed by atoms with Gasteiger partial charge in [-0.1, -0.05) is 23.1 Å². The summed E-state index contributed by atoms with van der Waals surface area (Å²) in [6.45, 7) is 4.13. The molecule has 5 nitrogen and oxygen atoms in total. The van der Waals surface area contributed by atoms with Crippen LogP contribution >= 0.6 is 23.1 Å². The van der Waals surface area contributed by atoms with Crippen molar-refractivity contribution in [3.05, 3.63) is 29.8 Å². The van der Waals surface area contributed by atoms with E-state index in [0.29, 0.717) is 0 Å². The molecule has 1 N–H and O–H groups in total. The van der Waals surface area contributed by atoms with Crippen molar-refractivity contribution < 1.29 is 4.79 Å². The maximum Gasteiger partial charge on any atom is 0.237 e. The Bertz CT molecular complexity index is 624. The van der Waals surface area contributed by atoms with E-state index < -0.39 is 0 Å². The van der Waals surface area contributed by atoms with Crippen LogP contribution < -0.4 is 10.2 Å². The first-order valence-electron chi connectivity index (χ1n) is 7.81. The Morgan fingerprint density at radius 3 is 2.65 bits per heavy atom. The average molecular weight is 348 g/mol. The molecule has 0 spiro atoms. The minimum absolute atomic E-state index is 0.0177. The summed E-state index contributed by atoms with van der Waals surface area (Å²) in [7, 11) is 0. The molecule has 7 heteroatoms. The first kappa shape index (κ1) is 16.3. The predicted molar refractivity (Wildman–Crippen MR) is 96.4 cm³/mol. The van der Waals surface area contributed by atoms with Crippen LogP contribution in [0.1, 0.15) is 26.2 Å². The molecule has 3 rings (SSSR count). The minimum atomic E-state index is -0.204. The number of amides is 1. The lowest BCUT2D eigenvalue weighted by molar-refractivity contribution is -0.115. The van der Waals surface area contributed by atoms with Crippen molar-refractivity contribution in [2.75, 3.05) is 23.3 Å². The minimum Gasteiger partial charge on any atom is -0.372 e. The van der Waals surface area contributed by atoms with Crippen molar-refractivity contribution >= 4 is 40.4 Å². The normalized spacial score (nSPS) is 16.1. The number of thioether (sulfide) groups is 1. The van der Waals surface area contributed by atoms with Crippen LogP contribution in [0, 0.1) is 0 Å². The molecule has 23 heavy (non-hydrogen) atoms. The van der Waals surface area contributed by atoms with E-state index in [1.54, 1.807) is 5.51 Å². The number of carbonyl (C=O) groups is 1. The van der Waals surface area contributed by atoms with Crippen LogP contribution in [-0.2, 0) is 4.79 Å². The first-order valence-corrected chi connectivity index (χ1v) is 9.57. The van der Waals surface area contributed by atoms with E-state index in [4.69, 9.17) is 0 Å². The number of benzene rings is 1. The molecule has 0 bridgehead atoms. The molecular weight excluding hydrogens is 328 g/mol. The molecule has 1 aromatic carbocycles. The van der Waals surface area contributed by atoms with Crippen molar-refractivity contribution in [1.82, 2.24) is 10.2 Å². The number of aromatic nitrogens is 2. The third-order valence-corrected chi connectivity index (χ3v) is 5.75. The Balaban J connectivity index is 1.55. The summed E-state index contributed by atoms with van der Waals surface area (Å²) >= 11 is 2.88. The van der Waals surface area contributed by atoms with Gasteiger partial charge >= 0.3 is 0 Å². The molecule has 0 saturated carbocycles. The van der Waals surface area contributed by atoms with Crippen molar-refractivity contribution in [3.8, 4) is 0 Å². The van der Waals surface area contributed by atoms with Gasteiger partial charge in [-0.3, -0.25) is 4.79 Å². The van der Waals surface area contributed by atoms with Gasteiger partial charge in [0.25, 0.3) is 0 Å². The Kier molecular flexibility index (Phi) is 5.51. The van der Waals surface area contributed by atoms with Gasteiger partial charge < -0.3 is 10.2 Å². The lowest BCUT2D eigenvalue weighted by Crippen LogP contribution is -2.29. The highest BCUT2D eigenvalue weighted by Crippen LogP contribution is 2.26. The second-order valence-electron chi connectivity index (χ2n) is 5.55. The molecule has 0 radical (unpaired) electrons. The van der Waals surface area contributed by atoms with Gasteiger partial charge in [0.05, 0.1) is 5.25 Å². The van der Waals surface area contributed by atoms with Gasteiger partial charge in [-0.15, -0.1) is 10.2 Å². The fourth-order valence-electron chi connectivity index (χ4n) is 2.57. The van der Waals surface area contributed by atoms with E-state index in [9.17, 15) is 4.79 Å². The lowest BCUT2D eigenvalue weighted by Gasteiger charge is -2.28. The number of hydrogen-bond acceptors (Lipinski definition) is 6. The van der Waals surface area contributed by atoms with E-state index in [1.165, 1.54) is 48.0 Å². The second kappa shape index (κ2) is 7.79. The summed E-state index contributed by atoms with van der Waals surface area (Å²) in [6, 6.07) is 8.13. The summed E-state index contributed by atoms with van der Waals surface area (Å²) in [4.78, 5) is 14.6. The van der Waals surface area contributed by atoms with Crippen LogP contribution in [0.15, 0.2) is 34.1 Å². The van der Waals surface area contributed by atoms with Crippen LogP contribution in [-0.4, -0.2) is 34.4 Å². The molecular formula is C16H20N4OS2. The maximum absolute atomic E-state index is 12.2. The Morgan fingerprint density at radius 2 is 2.00 bits per heavy atom. The van der Waals surface area contributed by atoms with Crippen molar-refractivity contribution in [3.63, 3.8) is 0 Å². The molecule has 2 heterocycles. The molecule has 122 valence electrons. The predicted octanol–water partition coefficient (Wildman–Crippen LogP) is 3.65. The van der Waals surface area contributed by atoms with Crippen LogP contribution in [0.25, 0.3) is 0 Å². The Morgan fingerprint density at radius 1 is 1.26 bits per heavy atom. The number of rotatable bonds is 5. The Labute approximate surface area is 144 Å². The van der Waals surface area contributed by atoms with Crippen LogP contribution in [0.2, 0.25) is 0 Å². The van der Waals surface area contributed by atoms with Crippen LogP contribution in [0.5, 0.6) is 0 Å². The largest absolute Gasteiger partial charge is 0.372 e. The monoisotopic (exact) mass is 348 g/mol. The zero-order chi connectivity index (χ0) is 16.1. The summed E-state index contributed by atoms with van der Waals surface area (Å²) < 4.78 is 0.813. The van der Waals surface area contributed by atoms with Gasteiger partial charge in [0.15, 0.2) is 4.34 Å². The number of nitrogens with one attached hydrogen (secondary N) is 1. The third kappa shape index (κ3) is 4.45. The zero-order valence-corrected chi connectivity index (χ0v) is 14.7. The number of carbonyl (C=O) groups excluding carboxylic acids is 1. The third-order valence-electron chi connectivity index (χ3n) is 3.84.